The summed E-state index contributed by atoms with van der Waals surface area (Å²) in [5.41, 5.74) is 7.08. The van der Waals surface area contributed by atoms with Gasteiger partial charge in [-0.1, -0.05) is 6.92 Å². The predicted octanol–water partition coefficient (Wildman–Crippen LogP) is 1.37. The van der Waals surface area contributed by atoms with E-state index in [-0.39, 0.29) is 5.75 Å². The fraction of sp³-hybridized carbons (Fsp3) is 0.308. The third-order valence-electron chi connectivity index (χ3n) is 2.92. The Kier molecular flexibility index (Phi) is 4.29. The van der Waals surface area contributed by atoms with Crippen LogP contribution in [0.5, 0.6) is 0 Å². The highest BCUT2D eigenvalue weighted by Crippen LogP contribution is 2.15. The van der Waals surface area contributed by atoms with Gasteiger partial charge in [0.2, 0.25) is 0 Å². The summed E-state index contributed by atoms with van der Waals surface area (Å²) in [7, 11) is -3.13. The van der Waals surface area contributed by atoms with E-state index in [0.29, 0.717) is 23.7 Å². The first-order valence-corrected chi connectivity index (χ1v) is 8.01. The number of rotatable bonds is 6. The van der Waals surface area contributed by atoms with Gasteiger partial charge in [0.25, 0.3) is 0 Å². The lowest BCUT2D eigenvalue weighted by atomic mass is 10.3. The van der Waals surface area contributed by atoms with E-state index in [1.807, 2.05) is 0 Å². The molecule has 108 valence electrons. The van der Waals surface area contributed by atoms with E-state index in [1.54, 1.807) is 48.3 Å². The Labute approximate surface area is 118 Å². The molecule has 0 bridgehead atoms. The third-order valence-corrected chi connectivity index (χ3v) is 4.67. The van der Waals surface area contributed by atoms with Crippen molar-refractivity contribution in [3.63, 3.8) is 0 Å². The van der Waals surface area contributed by atoms with Crippen LogP contribution in [0.25, 0.3) is 0 Å². The molecule has 0 fully saturated rings. The second-order valence-electron chi connectivity index (χ2n) is 4.39. The molecule has 0 aliphatic heterocycles. The smallest absolute Gasteiger partial charge is 0.178 e. The van der Waals surface area contributed by atoms with Crippen LogP contribution in [0.4, 0.5) is 11.4 Å². The third kappa shape index (κ3) is 3.51. The largest absolute Gasteiger partial charge is 0.396 e. The topological polar surface area (TPSA) is 90.0 Å². The lowest BCUT2D eigenvalue weighted by Gasteiger charge is -2.07. The molecule has 0 unspecified atom stereocenters. The molecule has 0 atom stereocenters. The molecular formula is C13H18N4O2S. The van der Waals surface area contributed by atoms with Crippen molar-refractivity contribution in [1.82, 2.24) is 9.78 Å². The summed E-state index contributed by atoms with van der Waals surface area (Å²) in [6.07, 6.45) is 3.36. The van der Waals surface area contributed by atoms with Crippen molar-refractivity contribution in [3.05, 3.63) is 36.7 Å². The van der Waals surface area contributed by atoms with Crippen molar-refractivity contribution in [2.75, 3.05) is 23.3 Å². The minimum absolute atomic E-state index is 0.112. The molecule has 0 saturated heterocycles. The number of hydrogen-bond acceptors (Lipinski definition) is 5. The maximum atomic E-state index is 11.7. The Morgan fingerprint density at radius 1 is 1.30 bits per heavy atom. The van der Waals surface area contributed by atoms with Crippen molar-refractivity contribution >= 4 is 21.2 Å². The van der Waals surface area contributed by atoms with Gasteiger partial charge < -0.3 is 11.1 Å². The van der Waals surface area contributed by atoms with Gasteiger partial charge in [0, 0.05) is 18.4 Å². The van der Waals surface area contributed by atoms with Crippen LogP contribution in [0.15, 0.2) is 41.6 Å². The number of sulfone groups is 1. The number of aromatic nitrogens is 2. The zero-order chi connectivity index (χ0) is 14.6. The molecule has 0 radical (unpaired) electrons. The van der Waals surface area contributed by atoms with Gasteiger partial charge in [-0.15, -0.1) is 0 Å². The summed E-state index contributed by atoms with van der Waals surface area (Å²) in [6, 6.07) is 6.76. The minimum atomic E-state index is -3.13. The molecule has 2 aromatic rings. The fourth-order valence-corrected chi connectivity index (χ4v) is 2.65. The maximum Gasteiger partial charge on any atom is 0.178 e. The monoisotopic (exact) mass is 294 g/mol. The Morgan fingerprint density at radius 2 is 2.00 bits per heavy atom. The van der Waals surface area contributed by atoms with Crippen molar-refractivity contribution < 1.29 is 8.42 Å². The van der Waals surface area contributed by atoms with Gasteiger partial charge in [-0.05, 0) is 24.3 Å². The van der Waals surface area contributed by atoms with E-state index in [9.17, 15) is 8.42 Å². The van der Waals surface area contributed by atoms with Crippen molar-refractivity contribution in [3.8, 4) is 0 Å². The summed E-state index contributed by atoms with van der Waals surface area (Å²) in [6.45, 7) is 3.00. The highest BCUT2D eigenvalue weighted by molar-refractivity contribution is 7.91. The molecule has 0 amide bonds. The van der Waals surface area contributed by atoms with Crippen molar-refractivity contribution in [1.29, 1.82) is 0 Å². The van der Waals surface area contributed by atoms with E-state index in [4.69, 9.17) is 5.73 Å². The number of nitrogen functional groups attached to an aromatic ring is 1. The highest BCUT2D eigenvalue weighted by Gasteiger charge is 2.10. The Balaban J connectivity index is 1.91. The lowest BCUT2D eigenvalue weighted by Crippen LogP contribution is -2.11. The first-order valence-electron chi connectivity index (χ1n) is 6.36. The molecule has 1 aromatic carbocycles. The van der Waals surface area contributed by atoms with Gasteiger partial charge in [0.15, 0.2) is 9.84 Å². The van der Waals surface area contributed by atoms with Crippen LogP contribution < -0.4 is 11.1 Å². The van der Waals surface area contributed by atoms with E-state index < -0.39 is 9.84 Å². The van der Waals surface area contributed by atoms with Gasteiger partial charge in [-0.25, -0.2) is 8.42 Å². The normalized spacial score (nSPS) is 11.4. The summed E-state index contributed by atoms with van der Waals surface area (Å²) >= 11 is 0. The van der Waals surface area contributed by atoms with E-state index in [1.165, 1.54) is 0 Å². The Bertz CT molecular complexity index is 662. The van der Waals surface area contributed by atoms with E-state index in [0.717, 1.165) is 5.69 Å². The van der Waals surface area contributed by atoms with Gasteiger partial charge in [-0.2, -0.15) is 5.10 Å². The molecular weight excluding hydrogens is 276 g/mol. The van der Waals surface area contributed by atoms with Crippen LogP contribution in [-0.4, -0.2) is 30.5 Å². The average Bonchev–Trinajstić information content (AvgIpc) is 2.85. The van der Waals surface area contributed by atoms with Crippen LogP contribution in [-0.2, 0) is 16.4 Å². The zero-order valence-electron chi connectivity index (χ0n) is 11.3. The van der Waals surface area contributed by atoms with E-state index >= 15 is 0 Å². The number of anilines is 2. The molecule has 7 heteroatoms. The predicted molar refractivity (Wildman–Crippen MR) is 79.3 cm³/mol. The number of nitrogens with one attached hydrogen (secondary N) is 1. The summed E-state index contributed by atoms with van der Waals surface area (Å²) in [4.78, 5) is 0.352. The number of nitrogens with two attached hydrogens (primary N) is 1. The zero-order valence-corrected chi connectivity index (χ0v) is 12.1. The Morgan fingerprint density at radius 3 is 2.55 bits per heavy atom. The molecule has 20 heavy (non-hydrogen) atoms. The quantitative estimate of drug-likeness (QED) is 0.840. The first-order chi connectivity index (χ1) is 9.51. The molecule has 6 nitrogen and oxygen atoms in total. The molecule has 1 heterocycles. The second-order valence-corrected chi connectivity index (χ2v) is 6.67. The first kappa shape index (κ1) is 14.4. The molecule has 1 aromatic heterocycles. The SMILES string of the molecule is CCS(=O)(=O)c1ccc(NCCn2cc(N)cn2)cc1. The van der Waals surface area contributed by atoms with Crippen LogP contribution in [0.1, 0.15) is 6.92 Å². The average molecular weight is 294 g/mol. The maximum absolute atomic E-state index is 11.7. The molecule has 0 saturated carbocycles. The minimum Gasteiger partial charge on any atom is -0.396 e. The van der Waals surface area contributed by atoms with Gasteiger partial charge in [0.1, 0.15) is 0 Å². The van der Waals surface area contributed by atoms with Gasteiger partial charge in [0.05, 0.1) is 29.1 Å². The van der Waals surface area contributed by atoms with Crippen LogP contribution in [0.3, 0.4) is 0 Å². The highest BCUT2D eigenvalue weighted by atomic mass is 32.2. The summed E-state index contributed by atoms with van der Waals surface area (Å²) in [5, 5.41) is 7.28. The molecule has 2 rings (SSSR count). The van der Waals surface area contributed by atoms with E-state index in [2.05, 4.69) is 10.4 Å². The fourth-order valence-electron chi connectivity index (χ4n) is 1.76. The molecule has 0 aliphatic carbocycles. The summed E-state index contributed by atoms with van der Waals surface area (Å²) in [5.74, 6) is 0.112. The van der Waals surface area contributed by atoms with Crippen LogP contribution in [0, 0.1) is 0 Å². The van der Waals surface area contributed by atoms with Crippen LogP contribution >= 0.6 is 0 Å². The second kappa shape index (κ2) is 5.96. The van der Waals surface area contributed by atoms with Crippen molar-refractivity contribution in [2.24, 2.45) is 0 Å². The van der Waals surface area contributed by atoms with Gasteiger partial charge >= 0.3 is 0 Å². The summed E-state index contributed by atoms with van der Waals surface area (Å²) < 4.78 is 25.1. The number of hydrogen-bond donors (Lipinski definition) is 2. The standard InChI is InChI=1S/C13H18N4O2S/c1-2-20(18,19)13-5-3-12(4-6-13)15-7-8-17-10-11(14)9-16-17/h3-6,9-10,15H,2,7-8,14H2,1H3. The number of benzene rings is 1. The lowest BCUT2D eigenvalue weighted by molar-refractivity contribution is 0.597. The molecule has 0 aliphatic rings. The van der Waals surface area contributed by atoms with Gasteiger partial charge in [-0.3, -0.25) is 4.68 Å². The molecule has 3 N–H and O–H groups in total. The number of nitrogens with zero attached hydrogens (tertiary/aromatic N) is 2. The Hall–Kier alpha value is -2.02. The van der Waals surface area contributed by atoms with Crippen molar-refractivity contribution in [2.45, 2.75) is 18.4 Å². The molecule has 0 spiro atoms. The van der Waals surface area contributed by atoms with Crippen LogP contribution in [0.2, 0.25) is 0 Å².